The summed E-state index contributed by atoms with van der Waals surface area (Å²) in [5.74, 6) is 1.38. The van der Waals surface area contributed by atoms with Crippen LogP contribution in [-0.2, 0) is 17.8 Å². The van der Waals surface area contributed by atoms with E-state index in [-0.39, 0.29) is 5.91 Å². The molecule has 0 fully saturated rings. The van der Waals surface area contributed by atoms with Gasteiger partial charge in [-0.25, -0.2) is 4.68 Å². The summed E-state index contributed by atoms with van der Waals surface area (Å²) >= 11 is 5.99. The van der Waals surface area contributed by atoms with Gasteiger partial charge in [-0.05, 0) is 62.6 Å². The summed E-state index contributed by atoms with van der Waals surface area (Å²) in [6.45, 7) is 6.25. The number of nitrogens with zero attached hydrogens (tertiary/aromatic N) is 6. The number of aromatic nitrogens is 6. The summed E-state index contributed by atoms with van der Waals surface area (Å²) in [7, 11) is 0. The summed E-state index contributed by atoms with van der Waals surface area (Å²) in [4.78, 5) is 12.3. The lowest BCUT2D eigenvalue weighted by Crippen LogP contribution is -2.23. The van der Waals surface area contributed by atoms with Crippen molar-refractivity contribution in [3.63, 3.8) is 0 Å². The van der Waals surface area contributed by atoms with Gasteiger partial charge in [-0.1, -0.05) is 23.7 Å². The van der Waals surface area contributed by atoms with E-state index in [9.17, 15) is 4.79 Å². The molecule has 3 aromatic heterocycles. The first kappa shape index (κ1) is 20.0. The maximum atomic E-state index is 12.3. The maximum absolute atomic E-state index is 12.3. The fourth-order valence-corrected chi connectivity index (χ4v) is 3.65. The van der Waals surface area contributed by atoms with E-state index < -0.39 is 0 Å². The Bertz CT molecular complexity index is 1230. The summed E-state index contributed by atoms with van der Waals surface area (Å²) < 4.78 is 3.49. The quantitative estimate of drug-likeness (QED) is 0.514. The van der Waals surface area contributed by atoms with Crippen LogP contribution in [0.3, 0.4) is 0 Å². The molecule has 0 aliphatic carbocycles. The molecule has 0 saturated carbocycles. The third-order valence-electron chi connectivity index (χ3n) is 5.04. The Kier molecular flexibility index (Phi) is 5.50. The van der Waals surface area contributed by atoms with E-state index in [1.54, 1.807) is 9.20 Å². The van der Waals surface area contributed by atoms with Crippen LogP contribution in [0.15, 0.2) is 36.4 Å². The van der Waals surface area contributed by atoms with Gasteiger partial charge >= 0.3 is 0 Å². The van der Waals surface area contributed by atoms with Crippen molar-refractivity contribution < 1.29 is 4.79 Å². The Labute approximate surface area is 178 Å². The smallest absolute Gasteiger partial charge is 0.220 e. The third kappa shape index (κ3) is 4.04. The Morgan fingerprint density at radius 3 is 2.73 bits per heavy atom. The van der Waals surface area contributed by atoms with Gasteiger partial charge in [0.2, 0.25) is 5.91 Å². The number of nitrogens with one attached hydrogen (secondary N) is 1. The lowest BCUT2D eigenvalue weighted by Gasteiger charge is -2.07. The monoisotopic (exact) mass is 423 g/mol. The van der Waals surface area contributed by atoms with Crippen LogP contribution in [-0.4, -0.2) is 35.5 Å². The molecule has 8 nitrogen and oxygen atoms in total. The highest BCUT2D eigenvalue weighted by Gasteiger charge is 2.16. The number of rotatable bonds is 6. The maximum Gasteiger partial charge on any atom is 0.220 e. The number of carbonyl (C=O) groups excluding carboxylic acids is 1. The fourth-order valence-electron chi connectivity index (χ4n) is 3.43. The third-order valence-corrected chi connectivity index (χ3v) is 5.28. The van der Waals surface area contributed by atoms with Crippen LogP contribution < -0.4 is 5.32 Å². The second-order valence-electron chi connectivity index (χ2n) is 7.18. The topological polar surface area (TPSA) is 90.0 Å². The van der Waals surface area contributed by atoms with Crippen LogP contribution in [0.25, 0.3) is 11.5 Å². The molecule has 0 bridgehead atoms. The van der Waals surface area contributed by atoms with Gasteiger partial charge in [0.15, 0.2) is 17.3 Å². The molecular weight excluding hydrogens is 402 g/mol. The largest absolute Gasteiger partial charge is 0.352 e. The Balaban J connectivity index is 1.45. The number of amides is 1. The van der Waals surface area contributed by atoms with Crippen molar-refractivity contribution in [2.45, 2.75) is 40.2 Å². The Hall–Kier alpha value is -3.26. The lowest BCUT2D eigenvalue weighted by atomic mass is 10.1. The summed E-state index contributed by atoms with van der Waals surface area (Å²) in [6.07, 6.45) is 0.984. The van der Waals surface area contributed by atoms with Crippen LogP contribution in [0.1, 0.15) is 34.8 Å². The molecule has 4 rings (SSSR count). The van der Waals surface area contributed by atoms with Gasteiger partial charge in [0, 0.05) is 23.7 Å². The van der Waals surface area contributed by atoms with E-state index in [1.165, 1.54) is 0 Å². The molecule has 9 heteroatoms. The molecule has 1 amide bonds. The average molecular weight is 424 g/mol. The molecule has 1 aromatic carbocycles. The molecule has 1 N–H and O–H groups in total. The second-order valence-corrected chi connectivity index (χ2v) is 7.61. The number of hydrogen-bond acceptors (Lipinski definition) is 5. The van der Waals surface area contributed by atoms with E-state index in [0.29, 0.717) is 41.7 Å². The van der Waals surface area contributed by atoms with Gasteiger partial charge in [0.25, 0.3) is 0 Å². The predicted octanol–water partition coefficient (Wildman–Crippen LogP) is 3.14. The number of fused-ring (bicyclic) bond motifs is 1. The lowest BCUT2D eigenvalue weighted by molar-refractivity contribution is -0.121. The van der Waals surface area contributed by atoms with Crippen molar-refractivity contribution in [2.24, 2.45) is 0 Å². The molecular formula is C21H22ClN7O. The van der Waals surface area contributed by atoms with E-state index in [1.807, 2.05) is 57.2 Å². The van der Waals surface area contributed by atoms with Crippen LogP contribution >= 0.6 is 11.6 Å². The molecule has 0 radical (unpaired) electrons. The number of hydrogen-bond donors (Lipinski definition) is 1. The van der Waals surface area contributed by atoms with Gasteiger partial charge in [-0.3, -0.25) is 4.79 Å². The summed E-state index contributed by atoms with van der Waals surface area (Å²) in [6, 6.07) is 11.2. The first-order valence-corrected chi connectivity index (χ1v) is 10.1. The zero-order valence-corrected chi connectivity index (χ0v) is 17.8. The van der Waals surface area contributed by atoms with Crippen molar-refractivity contribution >= 4 is 23.2 Å². The predicted molar refractivity (Wildman–Crippen MR) is 114 cm³/mol. The number of carbonyl (C=O) groups is 1. The molecule has 0 spiro atoms. The minimum Gasteiger partial charge on any atom is -0.352 e. The van der Waals surface area contributed by atoms with Gasteiger partial charge in [-0.2, -0.15) is 9.61 Å². The Morgan fingerprint density at radius 1 is 1.10 bits per heavy atom. The Morgan fingerprint density at radius 2 is 1.93 bits per heavy atom. The van der Waals surface area contributed by atoms with E-state index >= 15 is 0 Å². The highest BCUT2D eigenvalue weighted by molar-refractivity contribution is 6.30. The minimum atomic E-state index is -0.0128. The van der Waals surface area contributed by atoms with Crippen LogP contribution in [0, 0.1) is 20.8 Å². The molecule has 3 heterocycles. The standard InChI is InChI=1S/C21H22ClN7O/c1-13-18(7-10-21(30)23-12-16-5-4-6-17(22)11-16)14(2)28(26-13)20-9-8-19-25-24-15(3)29(19)27-20/h4-6,8-9,11H,7,10,12H2,1-3H3,(H,23,30). The number of benzene rings is 1. The van der Waals surface area contributed by atoms with Crippen molar-refractivity contribution in [2.75, 3.05) is 0 Å². The van der Waals surface area contributed by atoms with Crippen LogP contribution in [0.4, 0.5) is 0 Å². The van der Waals surface area contributed by atoms with Crippen molar-refractivity contribution in [1.82, 2.24) is 34.9 Å². The zero-order chi connectivity index (χ0) is 21.3. The summed E-state index contributed by atoms with van der Waals surface area (Å²) in [5.41, 5.74) is 4.57. The first-order valence-electron chi connectivity index (χ1n) is 9.68. The number of aryl methyl sites for hydroxylation is 2. The van der Waals surface area contributed by atoms with E-state index in [2.05, 4.69) is 25.7 Å². The summed E-state index contributed by atoms with van der Waals surface area (Å²) in [5, 5.41) is 20.9. The van der Waals surface area contributed by atoms with Crippen molar-refractivity contribution in [3.05, 3.63) is 69.8 Å². The molecule has 0 unspecified atom stereocenters. The van der Waals surface area contributed by atoms with E-state index in [0.717, 1.165) is 22.5 Å². The number of halogens is 1. The van der Waals surface area contributed by atoms with Gasteiger partial charge in [0.1, 0.15) is 0 Å². The fraction of sp³-hybridized carbons (Fsp3) is 0.286. The van der Waals surface area contributed by atoms with E-state index in [4.69, 9.17) is 11.6 Å². The molecule has 4 aromatic rings. The first-order chi connectivity index (χ1) is 14.4. The molecule has 30 heavy (non-hydrogen) atoms. The second kappa shape index (κ2) is 8.23. The molecule has 154 valence electrons. The molecule has 0 aliphatic rings. The highest BCUT2D eigenvalue weighted by atomic mass is 35.5. The molecule has 0 atom stereocenters. The highest BCUT2D eigenvalue weighted by Crippen LogP contribution is 2.19. The normalized spacial score (nSPS) is 11.2. The van der Waals surface area contributed by atoms with Gasteiger partial charge in [0.05, 0.1) is 5.69 Å². The van der Waals surface area contributed by atoms with Crippen LogP contribution in [0.5, 0.6) is 0 Å². The van der Waals surface area contributed by atoms with Gasteiger partial charge < -0.3 is 5.32 Å². The van der Waals surface area contributed by atoms with Gasteiger partial charge in [-0.15, -0.1) is 15.3 Å². The van der Waals surface area contributed by atoms with Crippen LogP contribution in [0.2, 0.25) is 5.02 Å². The zero-order valence-electron chi connectivity index (χ0n) is 17.1. The molecule has 0 aliphatic heterocycles. The van der Waals surface area contributed by atoms with Crippen molar-refractivity contribution in [3.8, 4) is 5.82 Å². The minimum absolute atomic E-state index is 0.0128. The SMILES string of the molecule is Cc1nn(-c2ccc3nnc(C)n3n2)c(C)c1CCC(=O)NCc1cccc(Cl)c1. The van der Waals surface area contributed by atoms with Crippen molar-refractivity contribution in [1.29, 1.82) is 0 Å². The average Bonchev–Trinajstić information content (AvgIpc) is 3.24. The molecule has 0 saturated heterocycles.